The molecule has 0 spiro atoms. The first-order valence-corrected chi connectivity index (χ1v) is 10.8. The van der Waals surface area contributed by atoms with E-state index in [-0.39, 0.29) is 5.91 Å². The van der Waals surface area contributed by atoms with Crippen molar-refractivity contribution in [2.24, 2.45) is 0 Å². The van der Waals surface area contributed by atoms with E-state index in [1.165, 1.54) is 6.39 Å². The lowest BCUT2D eigenvalue weighted by atomic mass is 9.95. The third-order valence-corrected chi connectivity index (χ3v) is 6.21. The zero-order chi connectivity index (χ0) is 22.1. The maximum atomic E-state index is 13.2. The van der Waals surface area contributed by atoms with Gasteiger partial charge in [-0.15, -0.1) is 0 Å². The van der Waals surface area contributed by atoms with Crippen molar-refractivity contribution in [1.82, 2.24) is 24.6 Å². The smallest absolute Gasteiger partial charge is 0.276 e. The van der Waals surface area contributed by atoms with Crippen LogP contribution in [0, 0.1) is 13.8 Å². The molecule has 4 aromatic rings. The first kappa shape index (κ1) is 20.2. The number of rotatable bonds is 5. The first-order valence-electron chi connectivity index (χ1n) is 10.8. The third kappa shape index (κ3) is 3.72. The van der Waals surface area contributed by atoms with E-state index in [2.05, 4.69) is 19.7 Å². The number of hydrogen-bond donors (Lipinski definition) is 0. The molecule has 1 aromatic carbocycles. The molecule has 0 unspecified atom stereocenters. The third-order valence-electron chi connectivity index (χ3n) is 6.21. The van der Waals surface area contributed by atoms with Crippen LogP contribution < -0.4 is 0 Å². The molecule has 1 aliphatic rings. The van der Waals surface area contributed by atoms with Crippen molar-refractivity contribution in [3.05, 3.63) is 77.7 Å². The van der Waals surface area contributed by atoms with Gasteiger partial charge in [0.15, 0.2) is 17.8 Å². The summed E-state index contributed by atoms with van der Waals surface area (Å²) in [4.78, 5) is 23.9. The molecule has 1 saturated heterocycles. The highest BCUT2D eigenvalue weighted by molar-refractivity contribution is 5.97. The Morgan fingerprint density at radius 2 is 1.91 bits per heavy atom. The Labute approximate surface area is 185 Å². The monoisotopic (exact) mass is 431 g/mol. The fraction of sp³-hybridized carbons (Fsp3) is 0.333. The number of benzene rings is 1. The number of carbonyl (C=O) groups is 1. The minimum absolute atomic E-state index is 0.0879. The summed E-state index contributed by atoms with van der Waals surface area (Å²) in [6.07, 6.45) is 6.88. The summed E-state index contributed by atoms with van der Waals surface area (Å²) in [6, 6.07) is 9.61. The molecule has 1 aliphatic heterocycles. The molecule has 164 valence electrons. The van der Waals surface area contributed by atoms with E-state index < -0.39 is 0 Å². The molecule has 1 fully saturated rings. The molecule has 5 rings (SSSR count). The average Bonchev–Trinajstić information content (AvgIpc) is 3.57. The molecule has 4 heterocycles. The van der Waals surface area contributed by atoms with E-state index >= 15 is 0 Å². The van der Waals surface area contributed by atoms with Gasteiger partial charge in [-0.1, -0.05) is 35.5 Å². The van der Waals surface area contributed by atoms with Gasteiger partial charge >= 0.3 is 0 Å². The van der Waals surface area contributed by atoms with Gasteiger partial charge in [-0.05, 0) is 26.7 Å². The molecule has 8 heteroatoms. The van der Waals surface area contributed by atoms with Crippen LogP contribution in [0.5, 0.6) is 0 Å². The molecule has 1 amide bonds. The summed E-state index contributed by atoms with van der Waals surface area (Å²) in [7, 11) is 0. The topological polar surface area (TPSA) is 90.2 Å². The van der Waals surface area contributed by atoms with Gasteiger partial charge in [0.2, 0.25) is 0 Å². The van der Waals surface area contributed by atoms with Gasteiger partial charge in [0.05, 0.1) is 12.2 Å². The zero-order valence-electron chi connectivity index (χ0n) is 18.2. The first-order chi connectivity index (χ1) is 15.6. The average molecular weight is 431 g/mol. The standard InChI is InChI=1S/C24H25N5O3/c1-16-20(17(2)32-27-16)14-29-13-10-25-23(29)19-8-11-28(12-9-19)24(30)21-22(31-15-26-21)18-6-4-3-5-7-18/h3-7,10,13,15,19H,8-9,11-12,14H2,1-2H3. The molecule has 8 nitrogen and oxygen atoms in total. The van der Waals surface area contributed by atoms with E-state index in [4.69, 9.17) is 8.94 Å². The lowest BCUT2D eigenvalue weighted by molar-refractivity contribution is 0.0705. The van der Waals surface area contributed by atoms with Crippen LogP contribution in [0.15, 0.2) is 58.1 Å². The predicted octanol–water partition coefficient (Wildman–Crippen LogP) is 4.21. The molecule has 0 bridgehead atoms. The number of hydrogen-bond acceptors (Lipinski definition) is 6. The van der Waals surface area contributed by atoms with Crippen molar-refractivity contribution in [2.75, 3.05) is 13.1 Å². The highest BCUT2D eigenvalue weighted by atomic mass is 16.5. The maximum absolute atomic E-state index is 13.2. The van der Waals surface area contributed by atoms with Gasteiger partial charge in [-0.3, -0.25) is 4.79 Å². The van der Waals surface area contributed by atoms with E-state index in [9.17, 15) is 4.79 Å². The highest BCUT2D eigenvalue weighted by Gasteiger charge is 2.30. The van der Waals surface area contributed by atoms with Crippen LogP contribution in [-0.4, -0.2) is 43.6 Å². The Hall–Kier alpha value is -3.68. The Balaban J connectivity index is 1.28. The molecule has 0 N–H and O–H groups in total. The second-order valence-electron chi connectivity index (χ2n) is 8.18. The SMILES string of the molecule is Cc1noc(C)c1Cn1ccnc1C1CCN(C(=O)c2ncoc2-c2ccccc2)CC1. The van der Waals surface area contributed by atoms with Crippen LogP contribution in [-0.2, 0) is 6.54 Å². The number of piperidine rings is 1. The highest BCUT2D eigenvalue weighted by Crippen LogP contribution is 2.30. The Bertz CT molecular complexity index is 1200. The van der Waals surface area contributed by atoms with E-state index in [1.54, 1.807) is 0 Å². The quantitative estimate of drug-likeness (QED) is 0.470. The molecule has 0 radical (unpaired) electrons. The van der Waals surface area contributed by atoms with Crippen molar-refractivity contribution in [3.8, 4) is 11.3 Å². The molecular weight excluding hydrogens is 406 g/mol. The van der Waals surface area contributed by atoms with E-state index in [1.807, 2.05) is 61.5 Å². The van der Waals surface area contributed by atoms with Crippen molar-refractivity contribution < 1.29 is 13.7 Å². The number of aromatic nitrogens is 4. The number of nitrogens with zero attached hydrogens (tertiary/aromatic N) is 5. The molecule has 0 aliphatic carbocycles. The Morgan fingerprint density at radius 1 is 1.12 bits per heavy atom. The van der Waals surface area contributed by atoms with Gasteiger partial charge < -0.3 is 18.4 Å². The zero-order valence-corrected chi connectivity index (χ0v) is 18.2. The number of oxazole rings is 1. The fourth-order valence-electron chi connectivity index (χ4n) is 4.40. The summed E-state index contributed by atoms with van der Waals surface area (Å²) in [5, 5.41) is 4.06. The van der Waals surface area contributed by atoms with Crippen LogP contribution in [0.2, 0.25) is 0 Å². The van der Waals surface area contributed by atoms with Crippen LogP contribution in [0.1, 0.15) is 52.1 Å². The summed E-state index contributed by atoms with van der Waals surface area (Å²) < 4.78 is 13.0. The molecule has 0 atom stereocenters. The van der Waals surface area contributed by atoms with E-state index in [0.29, 0.717) is 37.0 Å². The van der Waals surface area contributed by atoms with Crippen LogP contribution in [0.3, 0.4) is 0 Å². The van der Waals surface area contributed by atoms with Crippen molar-refractivity contribution in [3.63, 3.8) is 0 Å². The number of likely N-dealkylation sites (tertiary alicyclic amines) is 1. The van der Waals surface area contributed by atoms with Crippen LogP contribution in [0.25, 0.3) is 11.3 Å². The summed E-state index contributed by atoms with van der Waals surface area (Å²) in [5.41, 5.74) is 3.22. The van der Waals surface area contributed by atoms with Gasteiger partial charge in [-0.25, -0.2) is 9.97 Å². The van der Waals surface area contributed by atoms with Gasteiger partial charge in [0.25, 0.3) is 5.91 Å². The second kappa shape index (κ2) is 8.45. The van der Waals surface area contributed by atoms with Crippen molar-refractivity contribution >= 4 is 5.91 Å². The summed E-state index contributed by atoms with van der Waals surface area (Å²) >= 11 is 0. The van der Waals surface area contributed by atoms with Gasteiger partial charge in [0, 0.05) is 42.5 Å². The molecule has 3 aromatic heterocycles. The molecule has 32 heavy (non-hydrogen) atoms. The van der Waals surface area contributed by atoms with Gasteiger partial charge in [-0.2, -0.15) is 0 Å². The van der Waals surface area contributed by atoms with Crippen molar-refractivity contribution in [1.29, 1.82) is 0 Å². The number of carbonyl (C=O) groups excluding carboxylic acids is 1. The fourth-order valence-corrected chi connectivity index (χ4v) is 4.40. The van der Waals surface area contributed by atoms with Gasteiger partial charge in [0.1, 0.15) is 11.6 Å². The minimum atomic E-state index is -0.0879. The molecular formula is C24H25N5O3. The predicted molar refractivity (Wildman–Crippen MR) is 117 cm³/mol. The number of imidazole rings is 1. The summed E-state index contributed by atoms with van der Waals surface area (Å²) in [5.74, 6) is 2.61. The van der Waals surface area contributed by atoms with Crippen LogP contribution in [0.4, 0.5) is 0 Å². The maximum Gasteiger partial charge on any atom is 0.276 e. The lowest BCUT2D eigenvalue weighted by Gasteiger charge is -2.31. The Morgan fingerprint density at radius 3 is 2.62 bits per heavy atom. The minimum Gasteiger partial charge on any atom is -0.443 e. The summed E-state index contributed by atoms with van der Waals surface area (Å²) in [6.45, 7) is 5.89. The Kier molecular flexibility index (Phi) is 5.34. The van der Waals surface area contributed by atoms with E-state index in [0.717, 1.165) is 41.2 Å². The number of aryl methyl sites for hydroxylation is 2. The largest absolute Gasteiger partial charge is 0.443 e. The van der Waals surface area contributed by atoms with Crippen molar-refractivity contribution in [2.45, 2.75) is 39.2 Å². The molecule has 0 saturated carbocycles. The normalized spacial score (nSPS) is 14.8. The lowest BCUT2D eigenvalue weighted by Crippen LogP contribution is -2.38. The van der Waals surface area contributed by atoms with Crippen LogP contribution >= 0.6 is 0 Å². The number of amides is 1. The second-order valence-corrected chi connectivity index (χ2v) is 8.18.